The minimum absolute atomic E-state index is 0.00482. The smallest absolute Gasteiger partial charge is 0.355 e. The summed E-state index contributed by atoms with van der Waals surface area (Å²) in [6, 6.07) is 9.45. The van der Waals surface area contributed by atoms with Crippen molar-refractivity contribution in [3.63, 3.8) is 0 Å². The second kappa shape index (κ2) is 9.32. The van der Waals surface area contributed by atoms with Crippen molar-refractivity contribution >= 4 is 52.3 Å². The van der Waals surface area contributed by atoms with Crippen molar-refractivity contribution in [1.29, 1.82) is 0 Å². The molecular formula is C26H21Cl2N3O4S2. The van der Waals surface area contributed by atoms with Gasteiger partial charge in [0.1, 0.15) is 11.9 Å². The maximum atomic E-state index is 12.6. The molecule has 2 aromatic carbocycles. The molecule has 1 unspecified atom stereocenters. The number of aryl methyl sites for hydroxylation is 2. The number of carboxylic acid groups (broad SMARTS) is 1. The van der Waals surface area contributed by atoms with Crippen molar-refractivity contribution in [2.45, 2.75) is 36.3 Å². The molecule has 0 radical (unpaired) electrons. The number of carbonyl (C=O) groups is 1. The van der Waals surface area contributed by atoms with Gasteiger partial charge in [-0.2, -0.15) is 9.78 Å². The zero-order valence-corrected chi connectivity index (χ0v) is 23.2. The van der Waals surface area contributed by atoms with Crippen LogP contribution in [0.1, 0.15) is 39.5 Å². The van der Waals surface area contributed by atoms with E-state index in [1.54, 1.807) is 11.8 Å². The zero-order valence-electron chi connectivity index (χ0n) is 20.0. The number of benzene rings is 2. The lowest BCUT2D eigenvalue weighted by molar-refractivity contribution is -0.0796. The number of aromatic nitrogens is 3. The molecule has 0 aliphatic carbocycles. The lowest BCUT2D eigenvalue weighted by Crippen LogP contribution is -2.38. The van der Waals surface area contributed by atoms with E-state index in [9.17, 15) is 9.90 Å². The van der Waals surface area contributed by atoms with Crippen molar-refractivity contribution in [3.8, 4) is 33.3 Å². The van der Waals surface area contributed by atoms with Gasteiger partial charge in [-0.25, -0.2) is 9.78 Å². The first-order valence-electron chi connectivity index (χ1n) is 11.6. The monoisotopic (exact) mass is 573 g/mol. The number of rotatable bonds is 5. The lowest BCUT2D eigenvalue weighted by atomic mass is 10.0. The van der Waals surface area contributed by atoms with Crippen molar-refractivity contribution in [3.05, 3.63) is 62.9 Å². The number of thiazole rings is 1. The molecule has 4 aromatic rings. The van der Waals surface area contributed by atoms with Gasteiger partial charge in [-0.15, -0.1) is 11.8 Å². The van der Waals surface area contributed by atoms with Crippen LogP contribution in [0.25, 0.3) is 27.5 Å². The van der Waals surface area contributed by atoms with Crippen LogP contribution in [0.5, 0.6) is 5.75 Å². The van der Waals surface area contributed by atoms with Crippen LogP contribution >= 0.6 is 46.3 Å². The molecule has 1 N–H and O–H groups in total. The second-order valence-electron chi connectivity index (χ2n) is 9.08. The molecular weight excluding hydrogens is 553 g/mol. The molecule has 7 nitrogen and oxygen atoms in total. The number of fused-ring (bicyclic) bond motifs is 3. The predicted molar refractivity (Wildman–Crippen MR) is 146 cm³/mol. The standard InChI is InChI=1S/C26H21Cl2N3O4S2/c1-11-4-14(6-15(5-11)35-16-9-34-10-16)21-12(2)30-31(23(21)24(32)33)26-29-22-18-8-20(28)19(27)7-17(18)13(3)36-25(22)37-26/h4-8,13,16H,9-10H2,1-3H3,(H,32,33). The SMILES string of the molecule is Cc1cc(OC2COC2)cc(-c2c(C)nn(-c3nc4c(s3)SC(C)c3cc(Cl)c(Cl)cc3-4)c2C(=O)O)c1. The van der Waals surface area contributed by atoms with Crippen LogP contribution in [0.4, 0.5) is 0 Å². The molecule has 0 bridgehead atoms. The van der Waals surface area contributed by atoms with Gasteiger partial charge in [-0.3, -0.25) is 0 Å². The lowest BCUT2D eigenvalue weighted by Gasteiger charge is -2.27. The maximum absolute atomic E-state index is 12.6. The van der Waals surface area contributed by atoms with Crippen molar-refractivity contribution < 1.29 is 19.4 Å². The minimum Gasteiger partial charge on any atom is -0.486 e. The largest absolute Gasteiger partial charge is 0.486 e. The topological polar surface area (TPSA) is 86.5 Å². The Labute approximate surface area is 231 Å². The molecule has 0 spiro atoms. The fourth-order valence-corrected chi connectivity index (χ4v) is 7.48. The molecule has 2 aromatic heterocycles. The molecule has 0 saturated carbocycles. The highest BCUT2D eigenvalue weighted by Crippen LogP contribution is 2.53. The summed E-state index contributed by atoms with van der Waals surface area (Å²) in [5.41, 5.74) is 5.58. The van der Waals surface area contributed by atoms with E-state index in [1.165, 1.54) is 16.0 Å². The first-order valence-corrected chi connectivity index (χ1v) is 14.0. The highest BCUT2D eigenvalue weighted by molar-refractivity contribution is 8.01. The predicted octanol–water partition coefficient (Wildman–Crippen LogP) is 7.23. The number of nitrogens with zero attached hydrogens (tertiary/aromatic N) is 3. The molecule has 11 heteroatoms. The Bertz CT molecular complexity index is 1580. The number of ether oxygens (including phenoxy) is 2. The first kappa shape index (κ1) is 24.8. The highest BCUT2D eigenvalue weighted by Gasteiger charge is 2.31. The normalized spacial score (nSPS) is 16.7. The van der Waals surface area contributed by atoms with E-state index in [1.807, 2.05) is 44.2 Å². The average Bonchev–Trinajstić information content (AvgIpc) is 3.38. The van der Waals surface area contributed by atoms with Gasteiger partial charge in [0.15, 0.2) is 5.69 Å². The van der Waals surface area contributed by atoms with Crippen molar-refractivity contribution in [2.24, 2.45) is 0 Å². The van der Waals surface area contributed by atoms with Crippen LogP contribution in [0.3, 0.4) is 0 Å². The van der Waals surface area contributed by atoms with Gasteiger partial charge in [0.05, 0.1) is 38.9 Å². The fraction of sp³-hybridized carbons (Fsp3) is 0.269. The van der Waals surface area contributed by atoms with Gasteiger partial charge in [0, 0.05) is 16.4 Å². The van der Waals surface area contributed by atoms with Crippen LogP contribution < -0.4 is 4.74 Å². The summed E-state index contributed by atoms with van der Waals surface area (Å²) in [5.74, 6) is -0.412. The van der Waals surface area contributed by atoms with Crippen LogP contribution in [0.2, 0.25) is 10.0 Å². The number of carboxylic acids is 1. The molecule has 2 aliphatic rings. The molecule has 190 valence electrons. The summed E-state index contributed by atoms with van der Waals surface area (Å²) >= 11 is 15.7. The van der Waals surface area contributed by atoms with Crippen LogP contribution in [0, 0.1) is 13.8 Å². The zero-order chi connectivity index (χ0) is 26.0. The van der Waals surface area contributed by atoms with E-state index in [-0.39, 0.29) is 17.0 Å². The van der Waals surface area contributed by atoms with Gasteiger partial charge >= 0.3 is 5.97 Å². The van der Waals surface area contributed by atoms with Crippen LogP contribution in [-0.4, -0.2) is 45.2 Å². The molecule has 1 saturated heterocycles. The van der Waals surface area contributed by atoms with Gasteiger partial charge in [0.25, 0.3) is 0 Å². The Morgan fingerprint density at radius 2 is 1.92 bits per heavy atom. The van der Waals surface area contributed by atoms with Crippen LogP contribution in [0.15, 0.2) is 34.5 Å². The van der Waals surface area contributed by atoms with Crippen molar-refractivity contribution in [1.82, 2.24) is 14.8 Å². The Balaban J connectivity index is 1.47. The summed E-state index contributed by atoms with van der Waals surface area (Å²) in [6.45, 7) is 6.96. The van der Waals surface area contributed by atoms with E-state index < -0.39 is 5.97 Å². The molecule has 1 fully saturated rings. The number of halogens is 2. The second-order valence-corrected chi connectivity index (χ2v) is 12.5. The number of hydrogen-bond acceptors (Lipinski definition) is 7. The molecule has 0 amide bonds. The molecule has 2 aliphatic heterocycles. The molecule has 6 rings (SSSR count). The number of thioether (sulfide) groups is 1. The number of aromatic carboxylic acids is 1. The van der Waals surface area contributed by atoms with Gasteiger partial charge in [-0.05, 0) is 61.7 Å². The Kier molecular flexibility index (Phi) is 6.24. The quantitative estimate of drug-likeness (QED) is 0.269. The van der Waals surface area contributed by atoms with Crippen molar-refractivity contribution in [2.75, 3.05) is 13.2 Å². The molecule has 37 heavy (non-hydrogen) atoms. The van der Waals surface area contributed by atoms with E-state index in [0.29, 0.717) is 45.4 Å². The summed E-state index contributed by atoms with van der Waals surface area (Å²) in [7, 11) is 0. The molecule has 4 heterocycles. The molecule has 1 atom stereocenters. The van der Waals surface area contributed by atoms with E-state index in [4.69, 9.17) is 37.7 Å². The first-order chi connectivity index (χ1) is 17.7. The van der Waals surface area contributed by atoms with Gasteiger partial charge < -0.3 is 14.6 Å². The van der Waals surface area contributed by atoms with E-state index in [2.05, 4.69) is 12.0 Å². The maximum Gasteiger partial charge on any atom is 0.355 e. The Morgan fingerprint density at radius 1 is 1.16 bits per heavy atom. The Morgan fingerprint density at radius 3 is 2.62 bits per heavy atom. The third-order valence-corrected chi connectivity index (χ3v) is 9.45. The van der Waals surface area contributed by atoms with Crippen LogP contribution in [-0.2, 0) is 4.74 Å². The van der Waals surface area contributed by atoms with E-state index in [0.717, 1.165) is 32.2 Å². The Hall–Kier alpha value is -2.56. The van der Waals surface area contributed by atoms with Gasteiger partial charge in [0.2, 0.25) is 5.13 Å². The third-order valence-electron chi connectivity index (χ3n) is 6.35. The van der Waals surface area contributed by atoms with E-state index >= 15 is 0 Å². The minimum atomic E-state index is -1.09. The fourth-order valence-electron chi connectivity index (χ4n) is 4.61. The summed E-state index contributed by atoms with van der Waals surface area (Å²) < 4.78 is 13.6. The van der Waals surface area contributed by atoms with Gasteiger partial charge in [-0.1, -0.05) is 40.6 Å². The summed E-state index contributed by atoms with van der Waals surface area (Å²) in [6.07, 6.45) is 0.00482. The summed E-state index contributed by atoms with van der Waals surface area (Å²) in [5, 5.41) is 16.5. The number of hydrogen-bond donors (Lipinski definition) is 1. The summed E-state index contributed by atoms with van der Waals surface area (Å²) in [4.78, 5) is 17.5. The average molecular weight is 575 g/mol. The third kappa shape index (κ3) is 4.32. The highest BCUT2D eigenvalue weighted by atomic mass is 35.5.